The molecule has 0 aliphatic carbocycles. The van der Waals surface area contributed by atoms with Crippen molar-refractivity contribution in [3.8, 4) is 11.5 Å². The average molecular weight is 296 g/mol. The van der Waals surface area contributed by atoms with Gasteiger partial charge in [-0.05, 0) is 38.6 Å². The molecule has 21 heavy (non-hydrogen) atoms. The molecule has 0 aromatic heterocycles. The molecule has 4 nitrogen and oxygen atoms in total. The van der Waals surface area contributed by atoms with Crippen molar-refractivity contribution < 1.29 is 13.9 Å². The number of hydrogen-bond acceptors (Lipinski definition) is 4. The lowest BCUT2D eigenvalue weighted by molar-refractivity contribution is 0.153. The van der Waals surface area contributed by atoms with Crippen molar-refractivity contribution in [3.63, 3.8) is 0 Å². The molecular formula is C16H25FN2O2. The summed E-state index contributed by atoms with van der Waals surface area (Å²) in [5, 5.41) is 0. The molecule has 1 aromatic rings. The van der Waals surface area contributed by atoms with Crippen LogP contribution in [0.15, 0.2) is 12.1 Å². The van der Waals surface area contributed by atoms with E-state index in [9.17, 15) is 4.39 Å². The first-order valence-electron chi connectivity index (χ1n) is 7.46. The fourth-order valence-electron chi connectivity index (χ4n) is 2.75. The van der Waals surface area contributed by atoms with Gasteiger partial charge in [0.2, 0.25) is 0 Å². The van der Waals surface area contributed by atoms with E-state index in [4.69, 9.17) is 9.47 Å². The molecule has 5 heteroatoms. The Labute approximate surface area is 126 Å². The number of halogens is 1. The number of ether oxygens (including phenoxy) is 2. The molecule has 0 unspecified atom stereocenters. The monoisotopic (exact) mass is 296 g/mol. The second-order valence-corrected chi connectivity index (χ2v) is 5.51. The molecule has 1 aliphatic heterocycles. The first-order chi connectivity index (χ1) is 10.2. The SMILES string of the molecule is COc1ccc(F)c(CCCN2CCN(C)CC2)c1OC. The van der Waals surface area contributed by atoms with Gasteiger partial charge in [-0.3, -0.25) is 0 Å². The molecule has 0 atom stereocenters. The molecule has 1 fully saturated rings. The molecule has 0 radical (unpaired) electrons. The Hall–Kier alpha value is -1.33. The van der Waals surface area contributed by atoms with Crippen LogP contribution < -0.4 is 9.47 Å². The lowest BCUT2D eigenvalue weighted by Gasteiger charge is -2.32. The van der Waals surface area contributed by atoms with E-state index in [1.807, 2.05) is 0 Å². The lowest BCUT2D eigenvalue weighted by Crippen LogP contribution is -2.44. The third kappa shape index (κ3) is 4.08. The molecule has 1 saturated heterocycles. The maximum absolute atomic E-state index is 14.0. The molecule has 0 amide bonds. The van der Waals surface area contributed by atoms with Crippen LogP contribution in [-0.2, 0) is 6.42 Å². The maximum atomic E-state index is 14.0. The summed E-state index contributed by atoms with van der Waals surface area (Å²) in [6.07, 6.45) is 1.59. The second kappa shape index (κ2) is 7.61. The molecule has 1 heterocycles. The van der Waals surface area contributed by atoms with Crippen molar-refractivity contribution in [1.29, 1.82) is 0 Å². The van der Waals surface area contributed by atoms with Gasteiger partial charge in [-0.15, -0.1) is 0 Å². The average Bonchev–Trinajstić information content (AvgIpc) is 2.50. The van der Waals surface area contributed by atoms with E-state index >= 15 is 0 Å². The highest BCUT2D eigenvalue weighted by Crippen LogP contribution is 2.33. The zero-order valence-corrected chi connectivity index (χ0v) is 13.2. The summed E-state index contributed by atoms with van der Waals surface area (Å²) in [6, 6.07) is 3.06. The number of piperazine rings is 1. The lowest BCUT2D eigenvalue weighted by atomic mass is 10.1. The summed E-state index contributed by atoms with van der Waals surface area (Å²) in [6.45, 7) is 5.39. The van der Waals surface area contributed by atoms with Gasteiger partial charge in [0.05, 0.1) is 14.2 Å². The molecule has 118 valence electrons. The predicted molar refractivity (Wildman–Crippen MR) is 81.8 cm³/mol. The van der Waals surface area contributed by atoms with Gasteiger partial charge >= 0.3 is 0 Å². The van der Waals surface area contributed by atoms with Crippen molar-refractivity contribution in [2.45, 2.75) is 12.8 Å². The van der Waals surface area contributed by atoms with Gasteiger partial charge < -0.3 is 19.3 Å². The van der Waals surface area contributed by atoms with Gasteiger partial charge in [-0.1, -0.05) is 0 Å². The zero-order valence-electron chi connectivity index (χ0n) is 13.2. The molecule has 1 aromatic carbocycles. The Morgan fingerprint density at radius 2 is 1.81 bits per heavy atom. The summed E-state index contributed by atoms with van der Waals surface area (Å²) in [5.41, 5.74) is 0.617. The van der Waals surface area contributed by atoms with E-state index < -0.39 is 0 Å². The van der Waals surface area contributed by atoms with Crippen LogP contribution in [0.4, 0.5) is 4.39 Å². The number of methoxy groups -OCH3 is 2. The van der Waals surface area contributed by atoms with Crippen LogP contribution in [0.25, 0.3) is 0 Å². The van der Waals surface area contributed by atoms with E-state index in [1.54, 1.807) is 20.3 Å². The molecule has 2 rings (SSSR count). The van der Waals surface area contributed by atoms with E-state index in [2.05, 4.69) is 16.8 Å². The van der Waals surface area contributed by atoms with Crippen molar-refractivity contribution in [1.82, 2.24) is 9.80 Å². The highest BCUT2D eigenvalue weighted by Gasteiger charge is 2.17. The van der Waals surface area contributed by atoms with Gasteiger partial charge in [-0.25, -0.2) is 4.39 Å². The fourth-order valence-corrected chi connectivity index (χ4v) is 2.75. The second-order valence-electron chi connectivity index (χ2n) is 5.51. The molecule has 0 spiro atoms. The third-order valence-electron chi connectivity index (χ3n) is 4.09. The minimum absolute atomic E-state index is 0.217. The Morgan fingerprint density at radius 1 is 1.10 bits per heavy atom. The van der Waals surface area contributed by atoms with Crippen molar-refractivity contribution >= 4 is 0 Å². The van der Waals surface area contributed by atoms with Crippen LogP contribution in [0.1, 0.15) is 12.0 Å². The highest BCUT2D eigenvalue weighted by atomic mass is 19.1. The van der Waals surface area contributed by atoms with Crippen LogP contribution >= 0.6 is 0 Å². The normalized spacial score (nSPS) is 17.0. The standard InChI is InChI=1S/C16H25FN2O2/c1-18-9-11-19(12-10-18)8-4-5-13-14(17)6-7-15(20-2)16(13)21-3/h6-7H,4-5,8-12H2,1-3H3. The van der Waals surface area contributed by atoms with Gasteiger partial charge in [0, 0.05) is 31.7 Å². The first-order valence-corrected chi connectivity index (χ1v) is 7.46. The summed E-state index contributed by atoms with van der Waals surface area (Å²) in [4.78, 5) is 4.77. The summed E-state index contributed by atoms with van der Waals surface area (Å²) >= 11 is 0. The minimum atomic E-state index is -0.217. The predicted octanol–water partition coefficient (Wildman–Crippen LogP) is 2.02. The van der Waals surface area contributed by atoms with Crippen LogP contribution in [0, 0.1) is 5.82 Å². The topological polar surface area (TPSA) is 24.9 Å². The fraction of sp³-hybridized carbons (Fsp3) is 0.625. The Bertz CT molecular complexity index is 460. The van der Waals surface area contributed by atoms with Crippen LogP contribution in [0.3, 0.4) is 0 Å². The zero-order chi connectivity index (χ0) is 15.2. The number of hydrogen-bond donors (Lipinski definition) is 0. The maximum Gasteiger partial charge on any atom is 0.166 e. The van der Waals surface area contributed by atoms with E-state index in [0.717, 1.165) is 39.1 Å². The van der Waals surface area contributed by atoms with Crippen LogP contribution in [-0.4, -0.2) is 63.8 Å². The van der Waals surface area contributed by atoms with Crippen molar-refractivity contribution in [2.75, 3.05) is 54.0 Å². The Morgan fingerprint density at radius 3 is 2.43 bits per heavy atom. The summed E-state index contributed by atoms with van der Waals surface area (Å²) in [5.74, 6) is 0.899. The molecule has 0 bridgehead atoms. The Balaban J connectivity index is 1.93. The first kappa shape index (κ1) is 16.0. The number of benzene rings is 1. The van der Waals surface area contributed by atoms with Gasteiger partial charge in [0.15, 0.2) is 11.5 Å². The van der Waals surface area contributed by atoms with E-state index in [0.29, 0.717) is 23.5 Å². The minimum Gasteiger partial charge on any atom is -0.493 e. The van der Waals surface area contributed by atoms with Crippen molar-refractivity contribution in [3.05, 3.63) is 23.5 Å². The van der Waals surface area contributed by atoms with Crippen LogP contribution in [0.2, 0.25) is 0 Å². The smallest absolute Gasteiger partial charge is 0.166 e. The number of likely N-dealkylation sites (N-methyl/N-ethyl adjacent to an activating group) is 1. The summed E-state index contributed by atoms with van der Waals surface area (Å²) in [7, 11) is 5.28. The molecular weight excluding hydrogens is 271 g/mol. The quantitative estimate of drug-likeness (QED) is 0.802. The van der Waals surface area contributed by atoms with E-state index in [-0.39, 0.29) is 5.82 Å². The molecule has 1 aliphatic rings. The number of rotatable bonds is 6. The largest absolute Gasteiger partial charge is 0.493 e. The van der Waals surface area contributed by atoms with Crippen LogP contribution in [0.5, 0.6) is 11.5 Å². The third-order valence-corrected chi connectivity index (χ3v) is 4.09. The van der Waals surface area contributed by atoms with Gasteiger partial charge in [0.25, 0.3) is 0 Å². The van der Waals surface area contributed by atoms with Gasteiger partial charge in [-0.2, -0.15) is 0 Å². The Kier molecular flexibility index (Phi) is 5.82. The summed E-state index contributed by atoms with van der Waals surface area (Å²) < 4.78 is 24.6. The van der Waals surface area contributed by atoms with Crippen molar-refractivity contribution in [2.24, 2.45) is 0 Å². The highest BCUT2D eigenvalue weighted by molar-refractivity contribution is 5.47. The molecule has 0 saturated carbocycles. The molecule has 0 N–H and O–H groups in total. The van der Waals surface area contributed by atoms with Gasteiger partial charge in [0.1, 0.15) is 5.82 Å². The van der Waals surface area contributed by atoms with E-state index in [1.165, 1.54) is 6.07 Å². The number of nitrogens with zero attached hydrogens (tertiary/aromatic N) is 2.